The van der Waals surface area contributed by atoms with Crippen molar-refractivity contribution in [3.05, 3.63) is 27.5 Å². The van der Waals surface area contributed by atoms with Crippen molar-refractivity contribution in [1.82, 2.24) is 5.32 Å². The number of nitrogens with zero attached hydrogens (tertiary/aromatic N) is 1. The van der Waals surface area contributed by atoms with Gasteiger partial charge in [-0.25, -0.2) is 0 Å². The van der Waals surface area contributed by atoms with E-state index in [2.05, 4.69) is 5.32 Å². The number of hydrogen-bond acceptors (Lipinski definition) is 3. The van der Waals surface area contributed by atoms with Crippen LogP contribution in [0.2, 0.25) is 0 Å². The van der Waals surface area contributed by atoms with Crippen LogP contribution in [0.25, 0.3) is 6.08 Å². The van der Waals surface area contributed by atoms with Crippen molar-refractivity contribution in [2.45, 2.75) is 26.8 Å². The van der Waals surface area contributed by atoms with Crippen molar-refractivity contribution < 1.29 is 4.79 Å². The topological polar surface area (TPSA) is 52.9 Å². The van der Waals surface area contributed by atoms with Gasteiger partial charge in [0, 0.05) is 10.9 Å². The molecule has 4 heteroatoms. The average Bonchev–Trinajstić information content (AvgIpc) is 2.59. The van der Waals surface area contributed by atoms with E-state index in [1.807, 2.05) is 38.3 Å². The largest absolute Gasteiger partial charge is 0.349 e. The van der Waals surface area contributed by atoms with Crippen LogP contribution in [0.3, 0.4) is 0 Å². The second kappa shape index (κ2) is 5.47. The predicted octanol–water partition coefficient (Wildman–Crippen LogP) is 2.49. The molecule has 1 rings (SSSR count). The first kappa shape index (κ1) is 12.5. The molecule has 1 heterocycles. The Morgan fingerprint density at radius 2 is 2.31 bits per heavy atom. The molecular formula is C12H14N2OS. The van der Waals surface area contributed by atoms with Crippen molar-refractivity contribution in [1.29, 1.82) is 5.26 Å². The molecule has 0 atom stereocenters. The maximum Gasteiger partial charge on any atom is 0.262 e. The summed E-state index contributed by atoms with van der Waals surface area (Å²) in [5.74, 6) is -0.315. The average molecular weight is 234 g/mol. The second-order valence-corrected chi connectivity index (χ2v) is 4.71. The number of amides is 1. The van der Waals surface area contributed by atoms with Crippen molar-refractivity contribution in [3.8, 4) is 6.07 Å². The molecule has 0 bridgehead atoms. The number of nitrogens with one attached hydrogen (secondary N) is 1. The van der Waals surface area contributed by atoms with Crippen LogP contribution in [-0.4, -0.2) is 11.9 Å². The third kappa shape index (κ3) is 3.21. The molecule has 0 aliphatic carbocycles. The van der Waals surface area contributed by atoms with Gasteiger partial charge in [0.05, 0.1) is 0 Å². The lowest BCUT2D eigenvalue weighted by Gasteiger charge is -2.06. The molecule has 0 radical (unpaired) electrons. The molecule has 1 aromatic heterocycles. The highest BCUT2D eigenvalue weighted by molar-refractivity contribution is 7.11. The molecule has 1 aromatic rings. The van der Waals surface area contributed by atoms with Crippen LogP contribution in [0.5, 0.6) is 0 Å². The van der Waals surface area contributed by atoms with Gasteiger partial charge in [0.1, 0.15) is 11.6 Å². The summed E-state index contributed by atoms with van der Waals surface area (Å²) in [7, 11) is 0. The van der Waals surface area contributed by atoms with Crippen LogP contribution in [0.1, 0.15) is 24.3 Å². The Morgan fingerprint density at radius 3 is 2.75 bits per heavy atom. The summed E-state index contributed by atoms with van der Waals surface area (Å²) in [6, 6.07) is 3.93. The number of hydrogen-bond donors (Lipinski definition) is 1. The number of rotatable bonds is 3. The van der Waals surface area contributed by atoms with E-state index in [9.17, 15) is 4.79 Å². The van der Waals surface area contributed by atoms with Gasteiger partial charge in [-0.05, 0) is 43.9 Å². The zero-order valence-corrected chi connectivity index (χ0v) is 10.4. The number of thiophene rings is 1. The minimum atomic E-state index is -0.315. The number of carbonyl (C=O) groups is 1. The zero-order valence-electron chi connectivity index (χ0n) is 9.57. The highest BCUT2D eigenvalue weighted by atomic mass is 32.1. The van der Waals surface area contributed by atoms with Gasteiger partial charge < -0.3 is 5.32 Å². The standard InChI is InChI=1S/C12H14N2OS/c1-8(2)14-12(15)10(7-13)6-11-9(3)4-5-16-11/h4-6,8H,1-3H3,(H,14,15)/b10-6+. The first-order chi connectivity index (χ1) is 7.54. The minimum Gasteiger partial charge on any atom is -0.349 e. The Morgan fingerprint density at radius 1 is 1.62 bits per heavy atom. The van der Waals surface area contributed by atoms with E-state index in [0.717, 1.165) is 10.4 Å². The molecule has 1 N–H and O–H groups in total. The van der Waals surface area contributed by atoms with Gasteiger partial charge in [-0.2, -0.15) is 5.26 Å². The summed E-state index contributed by atoms with van der Waals surface area (Å²) in [6.07, 6.45) is 1.64. The highest BCUT2D eigenvalue weighted by Gasteiger charge is 2.10. The first-order valence-electron chi connectivity index (χ1n) is 5.01. The van der Waals surface area contributed by atoms with Crippen LogP contribution in [0, 0.1) is 18.3 Å². The summed E-state index contributed by atoms with van der Waals surface area (Å²) in [5.41, 5.74) is 1.23. The molecular weight excluding hydrogens is 220 g/mol. The number of carbonyl (C=O) groups excluding carboxylic acids is 1. The van der Waals surface area contributed by atoms with Crippen LogP contribution in [0.15, 0.2) is 17.0 Å². The molecule has 1 amide bonds. The lowest BCUT2D eigenvalue weighted by atomic mass is 10.2. The second-order valence-electron chi connectivity index (χ2n) is 3.77. The zero-order chi connectivity index (χ0) is 12.1. The Hall–Kier alpha value is -1.60. The van der Waals surface area contributed by atoms with E-state index in [-0.39, 0.29) is 17.5 Å². The van der Waals surface area contributed by atoms with Crippen LogP contribution >= 0.6 is 11.3 Å². The Balaban J connectivity index is 2.92. The summed E-state index contributed by atoms with van der Waals surface area (Å²) < 4.78 is 0. The third-order valence-corrected chi connectivity index (χ3v) is 2.93. The Kier molecular flexibility index (Phi) is 4.27. The Labute approximate surface area is 99.4 Å². The molecule has 84 valence electrons. The van der Waals surface area contributed by atoms with Gasteiger partial charge in [-0.1, -0.05) is 0 Å². The van der Waals surface area contributed by atoms with Gasteiger partial charge >= 0.3 is 0 Å². The van der Waals surface area contributed by atoms with Crippen molar-refractivity contribution in [3.63, 3.8) is 0 Å². The number of aryl methyl sites for hydroxylation is 1. The van der Waals surface area contributed by atoms with Crippen molar-refractivity contribution in [2.24, 2.45) is 0 Å². The van der Waals surface area contributed by atoms with Crippen molar-refractivity contribution in [2.75, 3.05) is 0 Å². The summed E-state index contributed by atoms with van der Waals surface area (Å²) in [5, 5.41) is 13.6. The normalized spacial score (nSPS) is 11.3. The fourth-order valence-electron chi connectivity index (χ4n) is 1.15. The molecule has 0 saturated carbocycles. The quantitative estimate of drug-likeness (QED) is 0.645. The molecule has 0 fully saturated rings. The van der Waals surface area contributed by atoms with E-state index >= 15 is 0 Å². The lowest BCUT2D eigenvalue weighted by Crippen LogP contribution is -2.30. The first-order valence-corrected chi connectivity index (χ1v) is 5.89. The summed E-state index contributed by atoms with van der Waals surface area (Å²) in [4.78, 5) is 12.6. The fraction of sp³-hybridized carbons (Fsp3) is 0.333. The molecule has 0 spiro atoms. The molecule has 0 aliphatic rings. The summed E-state index contributed by atoms with van der Waals surface area (Å²) >= 11 is 1.52. The van der Waals surface area contributed by atoms with E-state index in [1.54, 1.807) is 6.08 Å². The fourth-order valence-corrected chi connectivity index (χ4v) is 2.01. The van der Waals surface area contributed by atoms with E-state index in [4.69, 9.17) is 5.26 Å². The molecule has 0 aliphatic heterocycles. The molecule has 0 aromatic carbocycles. The SMILES string of the molecule is Cc1ccsc1/C=C(\C#N)C(=O)NC(C)C. The molecule has 0 unspecified atom stereocenters. The van der Waals surface area contributed by atoms with Crippen LogP contribution < -0.4 is 5.32 Å². The lowest BCUT2D eigenvalue weighted by molar-refractivity contribution is -0.117. The van der Waals surface area contributed by atoms with Crippen molar-refractivity contribution >= 4 is 23.3 Å². The van der Waals surface area contributed by atoms with E-state index in [1.165, 1.54) is 11.3 Å². The van der Waals surface area contributed by atoms with Crippen LogP contribution in [-0.2, 0) is 4.79 Å². The van der Waals surface area contributed by atoms with Crippen LogP contribution in [0.4, 0.5) is 0 Å². The maximum absolute atomic E-state index is 11.6. The monoisotopic (exact) mass is 234 g/mol. The van der Waals surface area contributed by atoms with Gasteiger partial charge in [0.15, 0.2) is 0 Å². The molecule has 16 heavy (non-hydrogen) atoms. The van der Waals surface area contributed by atoms with Gasteiger partial charge in [0.25, 0.3) is 5.91 Å². The Bertz CT molecular complexity index is 452. The highest BCUT2D eigenvalue weighted by Crippen LogP contribution is 2.18. The summed E-state index contributed by atoms with van der Waals surface area (Å²) in [6.45, 7) is 5.68. The number of nitriles is 1. The molecule has 3 nitrogen and oxygen atoms in total. The minimum absolute atomic E-state index is 0.0358. The van der Waals surface area contributed by atoms with Gasteiger partial charge in [-0.3, -0.25) is 4.79 Å². The maximum atomic E-state index is 11.6. The van der Waals surface area contributed by atoms with Gasteiger partial charge in [-0.15, -0.1) is 11.3 Å². The van der Waals surface area contributed by atoms with E-state index < -0.39 is 0 Å². The van der Waals surface area contributed by atoms with E-state index in [0.29, 0.717) is 0 Å². The molecule has 0 saturated heterocycles. The third-order valence-electron chi connectivity index (χ3n) is 1.96. The smallest absolute Gasteiger partial charge is 0.262 e. The van der Waals surface area contributed by atoms with Gasteiger partial charge in [0.2, 0.25) is 0 Å². The predicted molar refractivity (Wildman–Crippen MR) is 65.9 cm³/mol.